The fraction of sp³-hybridized carbons (Fsp3) is 0.846. The van der Waals surface area contributed by atoms with Crippen molar-refractivity contribution >= 4 is 12.0 Å². The number of aliphatic carboxylic acids is 1. The third kappa shape index (κ3) is 4.97. The normalized spacial score (nSPS) is 23.3. The molecular formula is C13H24N2O5. The van der Waals surface area contributed by atoms with Crippen molar-refractivity contribution in [3.63, 3.8) is 0 Å². The van der Waals surface area contributed by atoms with Gasteiger partial charge in [0.25, 0.3) is 0 Å². The van der Waals surface area contributed by atoms with Crippen LogP contribution in [0.1, 0.15) is 32.6 Å². The van der Waals surface area contributed by atoms with Gasteiger partial charge in [0.2, 0.25) is 0 Å². The highest BCUT2D eigenvalue weighted by Crippen LogP contribution is 2.21. The Morgan fingerprint density at radius 3 is 2.75 bits per heavy atom. The van der Waals surface area contributed by atoms with Crippen molar-refractivity contribution < 1.29 is 24.2 Å². The third-order valence-electron chi connectivity index (χ3n) is 3.52. The molecule has 2 amide bonds. The first-order chi connectivity index (χ1) is 9.53. The number of ether oxygens (including phenoxy) is 2. The van der Waals surface area contributed by atoms with E-state index in [1.54, 1.807) is 7.11 Å². The number of rotatable bonds is 8. The number of amides is 2. The van der Waals surface area contributed by atoms with Crippen LogP contribution in [-0.2, 0) is 14.3 Å². The van der Waals surface area contributed by atoms with E-state index in [9.17, 15) is 9.59 Å². The summed E-state index contributed by atoms with van der Waals surface area (Å²) in [4.78, 5) is 22.8. The predicted octanol–water partition coefficient (Wildman–Crippen LogP) is 0.735. The molecule has 0 aromatic heterocycles. The minimum Gasteiger partial charge on any atom is -0.480 e. The van der Waals surface area contributed by atoms with Gasteiger partial charge in [-0.05, 0) is 6.42 Å². The fourth-order valence-corrected chi connectivity index (χ4v) is 2.08. The first-order valence-electron chi connectivity index (χ1n) is 6.93. The van der Waals surface area contributed by atoms with Crippen molar-refractivity contribution in [1.29, 1.82) is 0 Å². The van der Waals surface area contributed by atoms with E-state index >= 15 is 0 Å². The topological polar surface area (TPSA) is 96.9 Å². The third-order valence-corrected chi connectivity index (χ3v) is 3.52. The van der Waals surface area contributed by atoms with Gasteiger partial charge in [-0.2, -0.15) is 0 Å². The fourth-order valence-electron chi connectivity index (χ4n) is 2.08. The van der Waals surface area contributed by atoms with Gasteiger partial charge in [0.05, 0.1) is 13.2 Å². The first-order valence-corrected chi connectivity index (χ1v) is 6.93. The smallest absolute Gasteiger partial charge is 0.326 e. The molecule has 116 valence electrons. The van der Waals surface area contributed by atoms with Crippen molar-refractivity contribution in [2.24, 2.45) is 0 Å². The SMILES string of the molecule is CCCC[C@H](NC(=O)NCC1(OC)CCOC1)C(=O)O. The number of carboxylic acid groups (broad SMARTS) is 1. The highest BCUT2D eigenvalue weighted by atomic mass is 16.5. The van der Waals surface area contributed by atoms with Crippen LogP contribution in [0.25, 0.3) is 0 Å². The van der Waals surface area contributed by atoms with E-state index in [2.05, 4.69) is 10.6 Å². The molecule has 1 unspecified atom stereocenters. The van der Waals surface area contributed by atoms with E-state index in [1.165, 1.54) is 0 Å². The van der Waals surface area contributed by atoms with E-state index in [-0.39, 0.29) is 0 Å². The maximum atomic E-state index is 11.8. The van der Waals surface area contributed by atoms with Crippen molar-refractivity contribution in [3.05, 3.63) is 0 Å². The van der Waals surface area contributed by atoms with Crippen LogP contribution in [0.2, 0.25) is 0 Å². The molecule has 1 saturated heterocycles. The lowest BCUT2D eigenvalue weighted by Gasteiger charge is -2.26. The molecule has 0 spiro atoms. The molecule has 7 nitrogen and oxygen atoms in total. The molecule has 0 aromatic carbocycles. The molecule has 2 atom stereocenters. The van der Waals surface area contributed by atoms with E-state index in [0.29, 0.717) is 32.6 Å². The van der Waals surface area contributed by atoms with Crippen LogP contribution in [0, 0.1) is 0 Å². The summed E-state index contributed by atoms with van der Waals surface area (Å²) in [5, 5.41) is 14.2. The monoisotopic (exact) mass is 288 g/mol. The van der Waals surface area contributed by atoms with Gasteiger partial charge in [-0.1, -0.05) is 19.8 Å². The summed E-state index contributed by atoms with van der Waals surface area (Å²) in [7, 11) is 1.58. The van der Waals surface area contributed by atoms with Gasteiger partial charge >= 0.3 is 12.0 Å². The number of hydrogen-bond donors (Lipinski definition) is 3. The van der Waals surface area contributed by atoms with Crippen molar-refractivity contribution in [3.8, 4) is 0 Å². The van der Waals surface area contributed by atoms with Crippen LogP contribution >= 0.6 is 0 Å². The van der Waals surface area contributed by atoms with Gasteiger partial charge in [0.1, 0.15) is 11.6 Å². The Balaban J connectivity index is 2.39. The van der Waals surface area contributed by atoms with Gasteiger partial charge in [0.15, 0.2) is 0 Å². The highest BCUT2D eigenvalue weighted by molar-refractivity contribution is 5.82. The summed E-state index contributed by atoms with van der Waals surface area (Å²) < 4.78 is 10.6. The quantitative estimate of drug-likeness (QED) is 0.612. The van der Waals surface area contributed by atoms with E-state index in [0.717, 1.165) is 12.8 Å². The molecule has 0 radical (unpaired) electrons. The zero-order valence-electron chi connectivity index (χ0n) is 12.1. The van der Waals surface area contributed by atoms with Crippen molar-refractivity contribution in [1.82, 2.24) is 10.6 Å². The second kappa shape index (κ2) is 8.06. The molecule has 1 aliphatic rings. The predicted molar refractivity (Wildman–Crippen MR) is 72.7 cm³/mol. The van der Waals surface area contributed by atoms with Gasteiger partial charge in [-0.15, -0.1) is 0 Å². The van der Waals surface area contributed by atoms with Crippen LogP contribution in [0.4, 0.5) is 4.79 Å². The minimum absolute atomic E-state index is 0.301. The van der Waals surface area contributed by atoms with Crippen molar-refractivity contribution in [2.75, 3.05) is 26.9 Å². The molecular weight excluding hydrogens is 264 g/mol. The second-order valence-electron chi connectivity index (χ2n) is 5.05. The Kier molecular flexibility index (Phi) is 6.74. The zero-order chi connectivity index (χ0) is 15.0. The Bertz CT molecular complexity index is 329. The lowest BCUT2D eigenvalue weighted by atomic mass is 10.0. The van der Waals surface area contributed by atoms with Crippen molar-refractivity contribution in [2.45, 2.75) is 44.2 Å². The summed E-state index contributed by atoms with van der Waals surface area (Å²) >= 11 is 0. The Morgan fingerprint density at radius 2 is 2.25 bits per heavy atom. The molecule has 20 heavy (non-hydrogen) atoms. The number of nitrogens with one attached hydrogen (secondary N) is 2. The molecule has 0 aromatic rings. The Morgan fingerprint density at radius 1 is 1.50 bits per heavy atom. The van der Waals surface area contributed by atoms with Gasteiger partial charge in [-0.3, -0.25) is 0 Å². The van der Waals surface area contributed by atoms with Crippen LogP contribution in [-0.4, -0.2) is 55.6 Å². The van der Waals surface area contributed by atoms with Crippen LogP contribution < -0.4 is 10.6 Å². The van der Waals surface area contributed by atoms with Gasteiger partial charge in [-0.25, -0.2) is 9.59 Å². The molecule has 1 heterocycles. The highest BCUT2D eigenvalue weighted by Gasteiger charge is 2.35. The summed E-state index contributed by atoms with van der Waals surface area (Å²) in [6.07, 6.45) is 2.78. The summed E-state index contributed by atoms with van der Waals surface area (Å²) in [6.45, 7) is 3.31. The molecule has 3 N–H and O–H groups in total. The van der Waals surface area contributed by atoms with Gasteiger partial charge < -0.3 is 25.2 Å². The number of urea groups is 1. The number of carbonyl (C=O) groups is 2. The molecule has 7 heteroatoms. The average molecular weight is 288 g/mol. The van der Waals surface area contributed by atoms with Crippen LogP contribution in [0.15, 0.2) is 0 Å². The zero-order valence-corrected chi connectivity index (χ0v) is 12.1. The maximum Gasteiger partial charge on any atom is 0.326 e. The molecule has 1 aliphatic heterocycles. The van der Waals surface area contributed by atoms with E-state index < -0.39 is 23.6 Å². The second-order valence-corrected chi connectivity index (χ2v) is 5.05. The minimum atomic E-state index is -1.01. The lowest BCUT2D eigenvalue weighted by Crippen LogP contribution is -2.51. The molecule has 0 bridgehead atoms. The largest absolute Gasteiger partial charge is 0.480 e. The Labute approximate surface area is 119 Å². The summed E-state index contributed by atoms with van der Waals surface area (Å²) in [6, 6.07) is -1.34. The Hall–Kier alpha value is -1.34. The number of carbonyl (C=O) groups excluding carboxylic acids is 1. The average Bonchev–Trinajstić information content (AvgIpc) is 2.90. The molecule has 1 fully saturated rings. The van der Waals surface area contributed by atoms with E-state index in [4.69, 9.17) is 14.6 Å². The van der Waals surface area contributed by atoms with E-state index in [1.807, 2.05) is 6.92 Å². The number of hydrogen-bond acceptors (Lipinski definition) is 4. The first kappa shape index (κ1) is 16.7. The maximum absolute atomic E-state index is 11.8. The number of methoxy groups -OCH3 is 1. The standard InChI is InChI=1S/C13H24N2O5/c1-3-4-5-10(11(16)17)15-12(18)14-8-13(19-2)6-7-20-9-13/h10H,3-9H2,1-2H3,(H,16,17)(H2,14,15,18)/t10-,13?/m0/s1. The van der Waals surface area contributed by atoms with Crippen LogP contribution in [0.3, 0.4) is 0 Å². The number of unbranched alkanes of at least 4 members (excludes halogenated alkanes) is 1. The number of carboxylic acids is 1. The summed E-state index contributed by atoms with van der Waals surface area (Å²) in [5.41, 5.74) is -0.501. The van der Waals surface area contributed by atoms with Gasteiger partial charge in [0, 0.05) is 20.1 Å². The summed E-state index contributed by atoms with van der Waals surface area (Å²) in [5.74, 6) is -1.01. The van der Waals surface area contributed by atoms with Crippen LogP contribution in [0.5, 0.6) is 0 Å². The molecule has 1 rings (SSSR count). The molecule has 0 saturated carbocycles. The lowest BCUT2D eigenvalue weighted by molar-refractivity contribution is -0.139. The molecule has 0 aliphatic carbocycles.